The molecule has 2 N–H and O–H groups in total. The van der Waals surface area contributed by atoms with Gasteiger partial charge in [-0.25, -0.2) is 0 Å². The molecule has 0 radical (unpaired) electrons. The second-order valence-electron chi connectivity index (χ2n) is 5.40. The van der Waals surface area contributed by atoms with Crippen LogP contribution in [0.1, 0.15) is 29.6 Å². The Balaban J connectivity index is 1.91. The van der Waals surface area contributed by atoms with Gasteiger partial charge in [-0.3, -0.25) is 14.9 Å². The van der Waals surface area contributed by atoms with Crippen LogP contribution in [-0.4, -0.2) is 36.7 Å². The number of nitro benzene ring substituents is 1. The molecule has 1 heterocycles. The molecule has 1 aliphatic rings. The normalized spacial score (nSPS) is 18.0. The van der Waals surface area contributed by atoms with Crippen LogP contribution in [0.15, 0.2) is 23.1 Å². The molecule has 120 valence electrons. The lowest BCUT2D eigenvalue weighted by Crippen LogP contribution is -2.33. The molecule has 0 aliphatic carbocycles. The van der Waals surface area contributed by atoms with Crippen molar-refractivity contribution in [2.75, 3.05) is 25.9 Å². The molecule has 1 amide bonds. The van der Waals surface area contributed by atoms with E-state index in [4.69, 9.17) is 0 Å². The number of nitrogens with one attached hydrogen (secondary N) is 2. The standard InChI is InChI=1S/C15H21N3O3S/c1-22-14-5-4-12(9-13(14)18(20)21)15(19)17-8-6-11-3-2-7-16-10-11/h4-5,9,11,16H,2-3,6-8,10H2,1H3,(H,17,19). The van der Waals surface area contributed by atoms with Gasteiger partial charge in [0, 0.05) is 18.2 Å². The Hall–Kier alpha value is -1.60. The number of carbonyl (C=O) groups excluding carboxylic acids is 1. The summed E-state index contributed by atoms with van der Waals surface area (Å²) >= 11 is 1.30. The average molecular weight is 323 g/mol. The molecule has 0 spiro atoms. The van der Waals surface area contributed by atoms with Crippen molar-refractivity contribution in [3.05, 3.63) is 33.9 Å². The molecule has 22 heavy (non-hydrogen) atoms. The van der Waals surface area contributed by atoms with Crippen LogP contribution in [0.5, 0.6) is 0 Å². The fourth-order valence-corrected chi connectivity index (χ4v) is 3.18. The van der Waals surface area contributed by atoms with Crippen molar-refractivity contribution in [1.29, 1.82) is 0 Å². The van der Waals surface area contributed by atoms with Gasteiger partial charge in [-0.15, -0.1) is 11.8 Å². The average Bonchev–Trinajstić information content (AvgIpc) is 2.55. The molecule has 0 bridgehead atoms. The summed E-state index contributed by atoms with van der Waals surface area (Å²) in [6.45, 7) is 2.68. The van der Waals surface area contributed by atoms with Crippen LogP contribution in [0.3, 0.4) is 0 Å². The van der Waals surface area contributed by atoms with E-state index in [2.05, 4.69) is 10.6 Å². The molecule has 1 fully saturated rings. The summed E-state index contributed by atoms with van der Waals surface area (Å²) in [5, 5.41) is 17.2. The number of carbonyl (C=O) groups is 1. The maximum absolute atomic E-state index is 12.1. The number of hydrogen-bond acceptors (Lipinski definition) is 5. The van der Waals surface area contributed by atoms with Gasteiger partial charge in [0.15, 0.2) is 0 Å². The fourth-order valence-electron chi connectivity index (χ4n) is 2.64. The molecule has 6 nitrogen and oxygen atoms in total. The molecule has 1 aliphatic heterocycles. The van der Waals surface area contributed by atoms with Gasteiger partial charge in [-0.2, -0.15) is 0 Å². The Morgan fingerprint density at radius 1 is 1.55 bits per heavy atom. The Morgan fingerprint density at radius 3 is 3.00 bits per heavy atom. The first kappa shape index (κ1) is 16.8. The third kappa shape index (κ3) is 4.45. The van der Waals surface area contributed by atoms with E-state index in [1.54, 1.807) is 18.4 Å². The minimum Gasteiger partial charge on any atom is -0.352 e. The highest BCUT2D eigenvalue weighted by Crippen LogP contribution is 2.28. The van der Waals surface area contributed by atoms with Crippen molar-refractivity contribution in [2.45, 2.75) is 24.2 Å². The molecule has 1 atom stereocenters. The first-order valence-corrected chi connectivity index (χ1v) is 8.65. The van der Waals surface area contributed by atoms with Gasteiger partial charge in [0.05, 0.1) is 9.82 Å². The van der Waals surface area contributed by atoms with E-state index < -0.39 is 4.92 Å². The summed E-state index contributed by atoms with van der Waals surface area (Å²) in [6, 6.07) is 4.61. The number of piperidine rings is 1. The van der Waals surface area contributed by atoms with E-state index in [1.807, 2.05) is 0 Å². The highest BCUT2D eigenvalue weighted by atomic mass is 32.2. The zero-order valence-electron chi connectivity index (χ0n) is 12.6. The zero-order chi connectivity index (χ0) is 15.9. The van der Waals surface area contributed by atoms with Gasteiger partial charge in [-0.1, -0.05) is 0 Å². The smallest absolute Gasteiger partial charge is 0.283 e. The van der Waals surface area contributed by atoms with Crippen LogP contribution >= 0.6 is 11.8 Å². The predicted molar refractivity (Wildman–Crippen MR) is 87.4 cm³/mol. The quantitative estimate of drug-likeness (QED) is 0.477. The molecule has 2 rings (SSSR count). The van der Waals surface area contributed by atoms with Crippen LogP contribution in [0.25, 0.3) is 0 Å². The van der Waals surface area contributed by atoms with Crippen molar-refractivity contribution in [3.63, 3.8) is 0 Å². The molecule has 0 aromatic heterocycles. The summed E-state index contributed by atoms with van der Waals surface area (Å²) < 4.78 is 0. The van der Waals surface area contributed by atoms with Crippen molar-refractivity contribution in [3.8, 4) is 0 Å². The summed E-state index contributed by atoms with van der Waals surface area (Å²) in [4.78, 5) is 23.3. The third-order valence-electron chi connectivity index (χ3n) is 3.87. The van der Waals surface area contributed by atoms with Crippen LogP contribution in [-0.2, 0) is 0 Å². The predicted octanol–water partition coefficient (Wildman–Crippen LogP) is 2.44. The second kappa shape index (κ2) is 8.14. The van der Waals surface area contributed by atoms with E-state index in [1.165, 1.54) is 30.7 Å². The Bertz CT molecular complexity index is 545. The molecule has 0 saturated carbocycles. The van der Waals surface area contributed by atoms with Gasteiger partial charge >= 0.3 is 0 Å². The number of nitro groups is 1. The third-order valence-corrected chi connectivity index (χ3v) is 4.66. The first-order valence-electron chi connectivity index (χ1n) is 7.43. The summed E-state index contributed by atoms with van der Waals surface area (Å²) in [6.07, 6.45) is 5.09. The monoisotopic (exact) mass is 323 g/mol. The minimum atomic E-state index is -0.448. The van der Waals surface area contributed by atoms with E-state index >= 15 is 0 Å². The molecular formula is C15H21N3O3S. The van der Waals surface area contributed by atoms with Crippen molar-refractivity contribution >= 4 is 23.4 Å². The summed E-state index contributed by atoms with van der Waals surface area (Å²) in [7, 11) is 0. The van der Waals surface area contributed by atoms with E-state index in [0.717, 1.165) is 19.5 Å². The lowest BCUT2D eigenvalue weighted by atomic mass is 9.96. The molecule has 1 aromatic rings. The van der Waals surface area contributed by atoms with Crippen LogP contribution < -0.4 is 10.6 Å². The maximum atomic E-state index is 12.1. The van der Waals surface area contributed by atoms with Crippen LogP contribution in [0.2, 0.25) is 0 Å². The molecule has 1 saturated heterocycles. The van der Waals surface area contributed by atoms with Crippen LogP contribution in [0, 0.1) is 16.0 Å². The number of thioether (sulfide) groups is 1. The molecular weight excluding hydrogens is 302 g/mol. The second-order valence-corrected chi connectivity index (χ2v) is 6.25. The minimum absolute atomic E-state index is 0.0170. The SMILES string of the molecule is CSc1ccc(C(=O)NCCC2CCCNC2)cc1[N+](=O)[O-]. The first-order chi connectivity index (χ1) is 10.6. The van der Waals surface area contributed by atoms with E-state index in [-0.39, 0.29) is 11.6 Å². The van der Waals surface area contributed by atoms with Gasteiger partial charge in [-0.05, 0) is 56.7 Å². The molecule has 7 heteroatoms. The largest absolute Gasteiger partial charge is 0.352 e. The number of hydrogen-bond donors (Lipinski definition) is 2. The fraction of sp³-hybridized carbons (Fsp3) is 0.533. The van der Waals surface area contributed by atoms with E-state index in [0.29, 0.717) is 22.9 Å². The van der Waals surface area contributed by atoms with Crippen molar-refractivity contribution < 1.29 is 9.72 Å². The van der Waals surface area contributed by atoms with E-state index in [9.17, 15) is 14.9 Å². The lowest BCUT2D eigenvalue weighted by Gasteiger charge is -2.22. The summed E-state index contributed by atoms with van der Waals surface area (Å²) in [5.74, 6) is 0.349. The Morgan fingerprint density at radius 2 is 2.36 bits per heavy atom. The maximum Gasteiger partial charge on any atom is 0.283 e. The Labute approximate surface area is 134 Å². The van der Waals surface area contributed by atoms with Crippen LogP contribution in [0.4, 0.5) is 5.69 Å². The number of rotatable bonds is 6. The van der Waals surface area contributed by atoms with Gasteiger partial charge in [0.25, 0.3) is 11.6 Å². The van der Waals surface area contributed by atoms with Gasteiger partial charge in [0.2, 0.25) is 0 Å². The van der Waals surface area contributed by atoms with Gasteiger partial charge in [0.1, 0.15) is 0 Å². The van der Waals surface area contributed by atoms with Gasteiger partial charge < -0.3 is 10.6 Å². The summed E-state index contributed by atoms with van der Waals surface area (Å²) in [5.41, 5.74) is 0.322. The number of benzene rings is 1. The number of nitrogens with zero attached hydrogens (tertiary/aromatic N) is 1. The lowest BCUT2D eigenvalue weighted by molar-refractivity contribution is -0.387. The highest BCUT2D eigenvalue weighted by Gasteiger charge is 2.17. The zero-order valence-corrected chi connectivity index (χ0v) is 13.4. The Kier molecular flexibility index (Phi) is 6.21. The molecule has 1 unspecified atom stereocenters. The van der Waals surface area contributed by atoms with Crippen molar-refractivity contribution in [2.24, 2.45) is 5.92 Å². The van der Waals surface area contributed by atoms with Crippen molar-refractivity contribution in [1.82, 2.24) is 10.6 Å². The number of amides is 1. The molecule has 1 aromatic carbocycles. The topological polar surface area (TPSA) is 84.3 Å². The highest BCUT2D eigenvalue weighted by molar-refractivity contribution is 7.98.